The predicted octanol–water partition coefficient (Wildman–Crippen LogP) is 2.77. The minimum atomic E-state index is 0.0719. The van der Waals surface area contributed by atoms with Crippen LogP contribution in [0.15, 0.2) is 24.3 Å². The van der Waals surface area contributed by atoms with Gasteiger partial charge >= 0.3 is 0 Å². The van der Waals surface area contributed by atoms with Crippen molar-refractivity contribution >= 4 is 0 Å². The molecule has 0 amide bonds. The van der Waals surface area contributed by atoms with Gasteiger partial charge in [0.1, 0.15) is 5.75 Å². The van der Waals surface area contributed by atoms with Crippen molar-refractivity contribution in [1.82, 2.24) is 9.80 Å². The Hall–Kier alpha value is -1.10. The summed E-state index contributed by atoms with van der Waals surface area (Å²) < 4.78 is 11.6. The second kappa shape index (κ2) is 7.20. The molecule has 2 heterocycles. The fourth-order valence-corrected chi connectivity index (χ4v) is 3.84. The van der Waals surface area contributed by atoms with Gasteiger partial charge in [-0.1, -0.05) is 12.1 Å². The first-order valence-electron chi connectivity index (χ1n) is 8.83. The van der Waals surface area contributed by atoms with Crippen molar-refractivity contribution in [3.05, 3.63) is 29.8 Å². The van der Waals surface area contributed by atoms with Gasteiger partial charge < -0.3 is 14.4 Å². The molecule has 0 atom stereocenters. The number of methoxy groups -OCH3 is 1. The normalized spacial score (nSPS) is 22.6. The summed E-state index contributed by atoms with van der Waals surface area (Å²) in [5, 5.41) is 0. The lowest BCUT2D eigenvalue weighted by molar-refractivity contribution is -0.139. The molecule has 4 heteroatoms. The van der Waals surface area contributed by atoms with Crippen LogP contribution in [-0.4, -0.2) is 61.3 Å². The molecular weight excluding hydrogens is 288 g/mol. The molecule has 2 fully saturated rings. The first-order valence-corrected chi connectivity index (χ1v) is 8.83. The van der Waals surface area contributed by atoms with Gasteiger partial charge in [0, 0.05) is 38.8 Å². The minimum Gasteiger partial charge on any atom is -0.497 e. The third kappa shape index (κ3) is 4.06. The Morgan fingerprint density at radius 2 is 2.00 bits per heavy atom. The molecule has 3 rings (SSSR count). The molecule has 0 saturated carbocycles. The molecule has 0 aromatic heterocycles. The number of rotatable bonds is 4. The van der Waals surface area contributed by atoms with Crippen LogP contribution in [-0.2, 0) is 11.3 Å². The number of benzene rings is 1. The number of morpholine rings is 1. The highest BCUT2D eigenvalue weighted by Crippen LogP contribution is 2.31. The second-order valence-corrected chi connectivity index (χ2v) is 7.22. The van der Waals surface area contributed by atoms with Gasteiger partial charge in [0.15, 0.2) is 0 Å². The highest BCUT2D eigenvalue weighted by Gasteiger charge is 2.39. The molecule has 1 aromatic carbocycles. The maximum absolute atomic E-state index is 6.25. The van der Waals surface area contributed by atoms with Gasteiger partial charge in [-0.3, -0.25) is 4.90 Å². The molecule has 2 saturated heterocycles. The molecule has 0 aliphatic carbocycles. The molecule has 0 unspecified atom stereocenters. The Bertz CT molecular complexity index is 510. The number of likely N-dealkylation sites (tertiary alicyclic amines) is 1. The summed E-state index contributed by atoms with van der Waals surface area (Å²) in [6.07, 6.45) is 2.31. The van der Waals surface area contributed by atoms with Gasteiger partial charge in [-0.2, -0.15) is 0 Å². The summed E-state index contributed by atoms with van der Waals surface area (Å²) in [4.78, 5) is 5.11. The van der Waals surface area contributed by atoms with E-state index in [2.05, 4.69) is 41.8 Å². The zero-order chi connectivity index (χ0) is 16.3. The smallest absolute Gasteiger partial charge is 0.119 e. The van der Waals surface area contributed by atoms with E-state index >= 15 is 0 Å². The van der Waals surface area contributed by atoms with Crippen molar-refractivity contribution in [1.29, 1.82) is 0 Å². The molecule has 1 aromatic rings. The Balaban J connectivity index is 1.60. The molecule has 0 radical (unpaired) electrons. The van der Waals surface area contributed by atoms with Crippen LogP contribution in [0.2, 0.25) is 0 Å². The predicted molar refractivity (Wildman–Crippen MR) is 92.9 cm³/mol. The summed E-state index contributed by atoms with van der Waals surface area (Å²) >= 11 is 0. The topological polar surface area (TPSA) is 24.9 Å². The zero-order valence-corrected chi connectivity index (χ0v) is 14.8. The van der Waals surface area contributed by atoms with Crippen molar-refractivity contribution in [3.8, 4) is 5.75 Å². The summed E-state index contributed by atoms with van der Waals surface area (Å²) in [5.74, 6) is 0.940. The lowest BCUT2D eigenvalue weighted by atomic mass is 9.88. The van der Waals surface area contributed by atoms with Gasteiger partial charge in [0.25, 0.3) is 0 Å². The number of hydrogen-bond donors (Lipinski definition) is 0. The number of nitrogens with zero attached hydrogens (tertiary/aromatic N) is 2. The monoisotopic (exact) mass is 318 g/mol. The zero-order valence-electron chi connectivity index (χ0n) is 14.8. The van der Waals surface area contributed by atoms with E-state index in [1.54, 1.807) is 7.11 Å². The summed E-state index contributed by atoms with van der Waals surface area (Å²) in [5.41, 5.74) is 1.39. The highest BCUT2D eigenvalue weighted by atomic mass is 16.5. The van der Waals surface area contributed by atoms with Gasteiger partial charge in [-0.25, -0.2) is 0 Å². The van der Waals surface area contributed by atoms with Crippen molar-refractivity contribution in [3.63, 3.8) is 0 Å². The van der Waals surface area contributed by atoms with Gasteiger partial charge in [-0.15, -0.1) is 0 Å². The van der Waals surface area contributed by atoms with Crippen LogP contribution in [0.1, 0.15) is 32.3 Å². The third-order valence-corrected chi connectivity index (χ3v) is 5.31. The van der Waals surface area contributed by atoms with Crippen LogP contribution in [0, 0.1) is 0 Å². The van der Waals surface area contributed by atoms with Crippen molar-refractivity contribution in [2.24, 2.45) is 0 Å². The molecule has 0 bridgehead atoms. The highest BCUT2D eigenvalue weighted by molar-refractivity contribution is 5.28. The second-order valence-electron chi connectivity index (χ2n) is 7.22. The number of hydrogen-bond acceptors (Lipinski definition) is 4. The average Bonchev–Trinajstić information content (AvgIpc) is 2.55. The van der Waals surface area contributed by atoms with Gasteiger partial charge in [0.05, 0.1) is 19.3 Å². The maximum atomic E-state index is 6.25. The molecule has 1 spiro atoms. The lowest BCUT2D eigenvalue weighted by Crippen LogP contribution is -2.57. The molecule has 2 aliphatic heterocycles. The van der Waals surface area contributed by atoms with E-state index < -0.39 is 0 Å². The summed E-state index contributed by atoms with van der Waals surface area (Å²) in [6.45, 7) is 10.8. The quantitative estimate of drug-likeness (QED) is 0.852. The van der Waals surface area contributed by atoms with Crippen molar-refractivity contribution < 1.29 is 9.47 Å². The van der Waals surface area contributed by atoms with Crippen LogP contribution in [0.3, 0.4) is 0 Å². The Kier molecular flexibility index (Phi) is 5.24. The van der Waals surface area contributed by atoms with Gasteiger partial charge in [-0.05, 0) is 44.4 Å². The SMILES string of the molecule is COc1cccc(CN2CCOC3(CCN(C(C)C)CC3)C2)c1. The molecule has 128 valence electrons. The number of piperidine rings is 1. The molecule has 2 aliphatic rings. The first kappa shape index (κ1) is 16.7. The summed E-state index contributed by atoms with van der Waals surface area (Å²) in [6, 6.07) is 9.05. The Morgan fingerprint density at radius 3 is 2.70 bits per heavy atom. The summed E-state index contributed by atoms with van der Waals surface area (Å²) in [7, 11) is 1.73. The fourth-order valence-electron chi connectivity index (χ4n) is 3.84. The van der Waals surface area contributed by atoms with E-state index in [-0.39, 0.29) is 5.60 Å². The lowest BCUT2D eigenvalue weighted by Gasteiger charge is -2.48. The average molecular weight is 318 g/mol. The minimum absolute atomic E-state index is 0.0719. The molecular formula is C19H30N2O2. The van der Waals surface area contributed by atoms with Crippen molar-refractivity contribution in [2.45, 2.75) is 44.9 Å². The molecule has 0 N–H and O–H groups in total. The Morgan fingerprint density at radius 1 is 1.22 bits per heavy atom. The van der Waals surface area contributed by atoms with Crippen LogP contribution >= 0.6 is 0 Å². The Labute approximate surface area is 140 Å². The first-order chi connectivity index (χ1) is 11.1. The van der Waals surface area contributed by atoms with E-state index in [9.17, 15) is 0 Å². The molecule has 23 heavy (non-hydrogen) atoms. The van der Waals surface area contributed by atoms with Crippen LogP contribution in [0.25, 0.3) is 0 Å². The van der Waals surface area contributed by atoms with E-state index in [0.717, 1.165) is 57.9 Å². The van der Waals surface area contributed by atoms with Gasteiger partial charge in [0.2, 0.25) is 0 Å². The van der Waals surface area contributed by atoms with E-state index in [1.807, 2.05) is 6.07 Å². The standard InChI is InChI=1S/C19H30N2O2/c1-16(2)21-9-7-19(8-10-21)15-20(11-12-23-19)14-17-5-4-6-18(13-17)22-3/h4-6,13,16H,7-12,14-15H2,1-3H3. The van der Waals surface area contributed by atoms with E-state index in [0.29, 0.717) is 6.04 Å². The van der Waals surface area contributed by atoms with E-state index in [4.69, 9.17) is 9.47 Å². The van der Waals surface area contributed by atoms with Crippen molar-refractivity contribution in [2.75, 3.05) is 39.9 Å². The maximum Gasteiger partial charge on any atom is 0.119 e. The fraction of sp³-hybridized carbons (Fsp3) is 0.684. The van der Waals surface area contributed by atoms with Crippen LogP contribution in [0.4, 0.5) is 0 Å². The molecule has 4 nitrogen and oxygen atoms in total. The van der Waals surface area contributed by atoms with Crippen LogP contribution < -0.4 is 4.74 Å². The number of ether oxygens (including phenoxy) is 2. The van der Waals surface area contributed by atoms with Crippen LogP contribution in [0.5, 0.6) is 5.75 Å². The third-order valence-electron chi connectivity index (χ3n) is 5.31. The largest absolute Gasteiger partial charge is 0.497 e. The van der Waals surface area contributed by atoms with E-state index in [1.165, 1.54) is 5.56 Å².